The highest BCUT2D eigenvalue weighted by molar-refractivity contribution is 5.85. The van der Waals surface area contributed by atoms with Crippen molar-refractivity contribution in [1.82, 2.24) is 5.32 Å². The summed E-state index contributed by atoms with van der Waals surface area (Å²) in [6, 6.07) is 0.229. The van der Waals surface area contributed by atoms with Crippen molar-refractivity contribution in [2.24, 2.45) is 23.2 Å². The standard InChI is InChI=1S/C16H27NO3/c1-4-10-7-12(13(8-10)15(19)20)14(18)17-11-5-6-16(2,3)9-11/h10-13H,4-9H2,1-3H3,(H,17,18)(H,19,20). The quantitative estimate of drug-likeness (QED) is 0.832. The van der Waals surface area contributed by atoms with Gasteiger partial charge in [0.15, 0.2) is 0 Å². The Kier molecular flexibility index (Phi) is 4.40. The molecule has 0 aromatic rings. The molecule has 0 spiro atoms. The normalized spacial score (nSPS) is 36.0. The first-order valence-electron chi connectivity index (χ1n) is 7.85. The number of nitrogens with one attached hydrogen (secondary N) is 1. The van der Waals surface area contributed by atoms with Crippen molar-refractivity contribution in [1.29, 1.82) is 0 Å². The molecule has 0 bridgehead atoms. The predicted molar refractivity (Wildman–Crippen MR) is 77.2 cm³/mol. The van der Waals surface area contributed by atoms with Crippen LogP contribution in [0, 0.1) is 23.2 Å². The minimum absolute atomic E-state index is 0.0314. The average molecular weight is 281 g/mol. The van der Waals surface area contributed by atoms with Crippen LogP contribution in [0.2, 0.25) is 0 Å². The van der Waals surface area contributed by atoms with Gasteiger partial charge in [-0.1, -0.05) is 27.2 Å². The van der Waals surface area contributed by atoms with Gasteiger partial charge in [0, 0.05) is 6.04 Å². The molecule has 2 fully saturated rings. The summed E-state index contributed by atoms with van der Waals surface area (Å²) in [5, 5.41) is 12.4. The van der Waals surface area contributed by atoms with Crippen molar-refractivity contribution >= 4 is 11.9 Å². The monoisotopic (exact) mass is 281 g/mol. The van der Waals surface area contributed by atoms with Crippen molar-refractivity contribution in [3.05, 3.63) is 0 Å². The number of carboxylic acid groups (broad SMARTS) is 1. The minimum Gasteiger partial charge on any atom is -0.481 e. The summed E-state index contributed by atoms with van der Waals surface area (Å²) in [4.78, 5) is 23.8. The van der Waals surface area contributed by atoms with Gasteiger partial charge >= 0.3 is 5.97 Å². The Balaban J connectivity index is 1.96. The second-order valence-electron chi connectivity index (χ2n) is 7.41. The average Bonchev–Trinajstić information content (AvgIpc) is 2.92. The van der Waals surface area contributed by atoms with E-state index in [4.69, 9.17) is 0 Å². The number of carbonyl (C=O) groups excluding carboxylic acids is 1. The fourth-order valence-electron chi connectivity index (χ4n) is 3.91. The molecule has 2 rings (SSSR count). The van der Waals surface area contributed by atoms with E-state index in [0.717, 1.165) is 32.1 Å². The maximum Gasteiger partial charge on any atom is 0.307 e. The van der Waals surface area contributed by atoms with E-state index in [2.05, 4.69) is 26.1 Å². The molecule has 0 heterocycles. The summed E-state index contributed by atoms with van der Waals surface area (Å²) >= 11 is 0. The fraction of sp³-hybridized carbons (Fsp3) is 0.875. The van der Waals surface area contributed by atoms with Crippen LogP contribution in [0.3, 0.4) is 0 Å². The van der Waals surface area contributed by atoms with E-state index < -0.39 is 11.9 Å². The number of hydrogen-bond donors (Lipinski definition) is 2. The van der Waals surface area contributed by atoms with Crippen molar-refractivity contribution in [3.8, 4) is 0 Å². The number of hydrogen-bond acceptors (Lipinski definition) is 2. The summed E-state index contributed by atoms with van der Waals surface area (Å²) in [5.74, 6) is -1.29. The maximum absolute atomic E-state index is 12.4. The minimum atomic E-state index is -0.812. The number of carbonyl (C=O) groups is 2. The predicted octanol–water partition coefficient (Wildman–Crippen LogP) is 2.82. The SMILES string of the molecule is CCC1CC(C(=O)O)C(C(=O)NC2CCC(C)(C)C2)C1. The van der Waals surface area contributed by atoms with E-state index in [-0.39, 0.29) is 17.9 Å². The maximum atomic E-state index is 12.4. The lowest BCUT2D eigenvalue weighted by Crippen LogP contribution is -2.40. The van der Waals surface area contributed by atoms with Gasteiger partial charge in [-0.15, -0.1) is 0 Å². The molecule has 2 N–H and O–H groups in total. The lowest BCUT2D eigenvalue weighted by atomic mass is 9.91. The Morgan fingerprint density at radius 1 is 1.25 bits per heavy atom. The molecule has 1 amide bonds. The Morgan fingerprint density at radius 2 is 1.90 bits per heavy atom. The number of carboxylic acids is 1. The summed E-state index contributed by atoms with van der Waals surface area (Å²) in [7, 11) is 0. The third-order valence-electron chi connectivity index (χ3n) is 5.21. The van der Waals surface area contributed by atoms with Gasteiger partial charge in [-0.25, -0.2) is 0 Å². The van der Waals surface area contributed by atoms with Crippen molar-refractivity contribution < 1.29 is 14.7 Å². The second kappa shape index (κ2) is 5.74. The smallest absolute Gasteiger partial charge is 0.307 e. The molecule has 0 aliphatic heterocycles. The molecular weight excluding hydrogens is 254 g/mol. The van der Waals surface area contributed by atoms with Gasteiger partial charge in [-0.2, -0.15) is 0 Å². The van der Waals surface area contributed by atoms with Gasteiger partial charge in [0.25, 0.3) is 0 Å². The molecule has 0 radical (unpaired) electrons. The Labute approximate surface area is 121 Å². The molecule has 4 atom stereocenters. The highest BCUT2D eigenvalue weighted by Crippen LogP contribution is 2.40. The molecule has 2 aliphatic carbocycles. The van der Waals surface area contributed by atoms with Gasteiger partial charge in [0.2, 0.25) is 5.91 Å². The largest absolute Gasteiger partial charge is 0.481 e. The van der Waals surface area contributed by atoms with Crippen LogP contribution >= 0.6 is 0 Å². The van der Waals surface area contributed by atoms with E-state index in [9.17, 15) is 14.7 Å². The van der Waals surface area contributed by atoms with Gasteiger partial charge in [0.1, 0.15) is 0 Å². The topological polar surface area (TPSA) is 66.4 Å². The Morgan fingerprint density at radius 3 is 2.40 bits per heavy atom. The van der Waals surface area contributed by atoms with Crippen LogP contribution in [0.4, 0.5) is 0 Å². The van der Waals surface area contributed by atoms with E-state index in [1.165, 1.54) is 0 Å². The first-order chi connectivity index (χ1) is 9.32. The summed E-state index contributed by atoms with van der Waals surface area (Å²) in [6.45, 7) is 6.52. The molecule has 0 saturated heterocycles. The van der Waals surface area contributed by atoms with Gasteiger partial charge in [-0.3, -0.25) is 9.59 Å². The summed E-state index contributed by atoms with van der Waals surface area (Å²) < 4.78 is 0. The molecule has 0 aromatic heterocycles. The molecule has 4 nitrogen and oxygen atoms in total. The number of amides is 1. The van der Waals surface area contributed by atoms with Crippen LogP contribution in [0.15, 0.2) is 0 Å². The van der Waals surface area contributed by atoms with Crippen molar-refractivity contribution in [3.63, 3.8) is 0 Å². The first kappa shape index (κ1) is 15.3. The summed E-state index contributed by atoms with van der Waals surface area (Å²) in [5.41, 5.74) is 0.297. The third-order valence-corrected chi connectivity index (χ3v) is 5.21. The van der Waals surface area contributed by atoms with E-state index in [0.29, 0.717) is 17.8 Å². The Bertz CT molecular complexity index is 391. The van der Waals surface area contributed by atoms with Crippen LogP contribution in [0.25, 0.3) is 0 Å². The third kappa shape index (κ3) is 3.33. The van der Waals surface area contributed by atoms with E-state index in [1.807, 2.05) is 0 Å². The zero-order chi connectivity index (χ0) is 14.9. The van der Waals surface area contributed by atoms with Crippen LogP contribution in [-0.4, -0.2) is 23.0 Å². The molecular formula is C16H27NO3. The van der Waals surface area contributed by atoms with Gasteiger partial charge < -0.3 is 10.4 Å². The fourth-order valence-corrected chi connectivity index (χ4v) is 3.91. The van der Waals surface area contributed by atoms with Crippen molar-refractivity contribution in [2.45, 2.75) is 65.3 Å². The number of rotatable bonds is 4. The zero-order valence-corrected chi connectivity index (χ0v) is 12.8. The molecule has 2 saturated carbocycles. The Hall–Kier alpha value is -1.06. The van der Waals surface area contributed by atoms with Crippen LogP contribution < -0.4 is 5.32 Å². The molecule has 4 unspecified atom stereocenters. The number of aliphatic carboxylic acids is 1. The molecule has 4 heteroatoms. The van der Waals surface area contributed by atoms with Crippen molar-refractivity contribution in [2.75, 3.05) is 0 Å². The molecule has 20 heavy (non-hydrogen) atoms. The van der Waals surface area contributed by atoms with Gasteiger partial charge in [0.05, 0.1) is 11.8 Å². The highest BCUT2D eigenvalue weighted by atomic mass is 16.4. The first-order valence-corrected chi connectivity index (χ1v) is 7.85. The van der Waals surface area contributed by atoms with Gasteiger partial charge in [-0.05, 0) is 43.4 Å². The van der Waals surface area contributed by atoms with Crippen LogP contribution in [-0.2, 0) is 9.59 Å². The van der Waals surface area contributed by atoms with E-state index in [1.54, 1.807) is 0 Å². The highest BCUT2D eigenvalue weighted by Gasteiger charge is 2.43. The van der Waals surface area contributed by atoms with E-state index >= 15 is 0 Å². The lowest BCUT2D eigenvalue weighted by Gasteiger charge is -2.21. The molecule has 0 aromatic carbocycles. The van der Waals surface area contributed by atoms with Crippen LogP contribution in [0.5, 0.6) is 0 Å². The second-order valence-corrected chi connectivity index (χ2v) is 7.41. The summed E-state index contributed by atoms with van der Waals surface area (Å²) in [6.07, 6.45) is 5.49. The molecule has 114 valence electrons. The zero-order valence-electron chi connectivity index (χ0n) is 12.8. The molecule has 2 aliphatic rings. The lowest BCUT2D eigenvalue weighted by molar-refractivity contribution is -0.146. The van der Waals surface area contributed by atoms with Crippen LogP contribution in [0.1, 0.15) is 59.3 Å².